The van der Waals surface area contributed by atoms with Crippen molar-refractivity contribution in [3.63, 3.8) is 0 Å². The lowest BCUT2D eigenvalue weighted by molar-refractivity contribution is -0.130. The molecule has 104 valence electrons. The summed E-state index contributed by atoms with van der Waals surface area (Å²) >= 11 is 0. The molecule has 0 aliphatic carbocycles. The number of fused-ring (bicyclic) bond motifs is 1. The van der Waals surface area contributed by atoms with Gasteiger partial charge in [-0.2, -0.15) is 0 Å². The predicted molar refractivity (Wildman–Crippen MR) is 73.8 cm³/mol. The molecule has 19 heavy (non-hydrogen) atoms. The van der Waals surface area contributed by atoms with E-state index in [1.54, 1.807) is 0 Å². The lowest BCUT2D eigenvalue weighted by Crippen LogP contribution is -2.32. The molecule has 0 unspecified atom stereocenters. The Labute approximate surface area is 114 Å². The molecule has 4 nitrogen and oxygen atoms in total. The van der Waals surface area contributed by atoms with Crippen LogP contribution < -0.4 is 9.47 Å². The number of hydrogen-bond acceptors (Lipinski definition) is 3. The van der Waals surface area contributed by atoms with Gasteiger partial charge in [-0.1, -0.05) is 0 Å². The zero-order chi connectivity index (χ0) is 13.8. The fourth-order valence-electron chi connectivity index (χ4n) is 2.27. The van der Waals surface area contributed by atoms with Crippen LogP contribution in [0, 0.1) is 6.92 Å². The van der Waals surface area contributed by atoms with Crippen molar-refractivity contribution in [3.8, 4) is 11.5 Å². The quantitative estimate of drug-likeness (QED) is 0.835. The fourth-order valence-corrected chi connectivity index (χ4v) is 2.27. The number of rotatable bonds is 4. The van der Waals surface area contributed by atoms with E-state index in [1.807, 2.05) is 37.8 Å². The van der Waals surface area contributed by atoms with E-state index in [-0.39, 0.29) is 5.91 Å². The minimum absolute atomic E-state index is 0.157. The highest BCUT2D eigenvalue weighted by Gasteiger charge is 2.17. The van der Waals surface area contributed by atoms with Crippen LogP contribution in [0.5, 0.6) is 11.5 Å². The third-order valence-electron chi connectivity index (χ3n) is 3.46. The second-order valence-electron chi connectivity index (χ2n) is 4.67. The molecule has 4 heteroatoms. The molecule has 0 saturated carbocycles. The molecule has 0 saturated heterocycles. The molecule has 0 atom stereocenters. The van der Waals surface area contributed by atoms with Crippen molar-refractivity contribution >= 4 is 5.91 Å². The lowest BCUT2D eigenvalue weighted by atomic mass is 10.0. The summed E-state index contributed by atoms with van der Waals surface area (Å²) in [5.74, 6) is 1.69. The van der Waals surface area contributed by atoms with Crippen molar-refractivity contribution in [2.45, 2.75) is 27.2 Å². The third-order valence-corrected chi connectivity index (χ3v) is 3.46. The summed E-state index contributed by atoms with van der Waals surface area (Å²) in [5, 5.41) is 0. The highest BCUT2D eigenvalue weighted by atomic mass is 16.6. The second kappa shape index (κ2) is 5.95. The van der Waals surface area contributed by atoms with E-state index < -0.39 is 0 Å². The Hall–Kier alpha value is -1.71. The second-order valence-corrected chi connectivity index (χ2v) is 4.67. The molecule has 0 bridgehead atoms. The van der Waals surface area contributed by atoms with Gasteiger partial charge in [0.15, 0.2) is 11.5 Å². The van der Waals surface area contributed by atoms with Crippen molar-refractivity contribution in [3.05, 3.63) is 23.3 Å². The van der Waals surface area contributed by atoms with Gasteiger partial charge in [0.05, 0.1) is 6.42 Å². The van der Waals surface area contributed by atoms with Gasteiger partial charge in [-0.3, -0.25) is 4.79 Å². The Bertz CT molecular complexity index is 467. The normalized spacial score (nSPS) is 13.2. The summed E-state index contributed by atoms with van der Waals surface area (Å²) in [6, 6.07) is 3.89. The largest absolute Gasteiger partial charge is 0.486 e. The molecular weight excluding hydrogens is 242 g/mol. The monoisotopic (exact) mass is 263 g/mol. The first-order valence-corrected chi connectivity index (χ1v) is 6.82. The molecule has 1 aromatic carbocycles. The zero-order valence-electron chi connectivity index (χ0n) is 11.9. The van der Waals surface area contributed by atoms with Crippen LogP contribution in [0.2, 0.25) is 0 Å². The van der Waals surface area contributed by atoms with Gasteiger partial charge in [-0.05, 0) is 44.0 Å². The molecule has 2 rings (SSSR count). The van der Waals surface area contributed by atoms with E-state index >= 15 is 0 Å². The maximum atomic E-state index is 12.1. The average molecular weight is 263 g/mol. The van der Waals surface area contributed by atoms with E-state index in [0.29, 0.717) is 19.6 Å². The number of likely N-dealkylation sites (N-methyl/N-ethyl adjacent to an activating group) is 1. The molecule has 1 heterocycles. The molecule has 0 N–H and O–H groups in total. The number of aryl methyl sites for hydroxylation is 1. The van der Waals surface area contributed by atoms with Gasteiger partial charge in [0.2, 0.25) is 5.91 Å². The molecular formula is C15H21NO3. The van der Waals surface area contributed by atoms with Crippen molar-refractivity contribution in [2.75, 3.05) is 26.3 Å². The Kier molecular flexibility index (Phi) is 4.30. The number of carbonyl (C=O) groups excluding carboxylic acids is 1. The zero-order valence-corrected chi connectivity index (χ0v) is 11.9. The van der Waals surface area contributed by atoms with Crippen LogP contribution in [-0.2, 0) is 11.2 Å². The summed E-state index contributed by atoms with van der Waals surface area (Å²) in [4.78, 5) is 14.0. The maximum absolute atomic E-state index is 12.1. The molecule has 0 spiro atoms. The molecule has 1 aliphatic rings. The number of ether oxygens (including phenoxy) is 2. The molecule has 0 fully saturated rings. The van der Waals surface area contributed by atoms with Crippen LogP contribution in [-0.4, -0.2) is 37.1 Å². The van der Waals surface area contributed by atoms with Crippen molar-refractivity contribution in [1.29, 1.82) is 0 Å². The van der Waals surface area contributed by atoms with Crippen LogP contribution >= 0.6 is 0 Å². The summed E-state index contributed by atoms with van der Waals surface area (Å²) < 4.78 is 11.1. The summed E-state index contributed by atoms with van der Waals surface area (Å²) in [7, 11) is 0. The van der Waals surface area contributed by atoms with Gasteiger partial charge in [0.25, 0.3) is 0 Å². The first-order chi connectivity index (χ1) is 9.15. The first kappa shape index (κ1) is 13.7. The maximum Gasteiger partial charge on any atom is 0.226 e. The number of hydrogen-bond donors (Lipinski definition) is 0. The number of amides is 1. The minimum atomic E-state index is 0.157. The standard InChI is InChI=1S/C15H21NO3/c1-4-16(5-2)15(17)10-12-9-14-13(8-11(12)3)18-6-7-19-14/h8-9H,4-7,10H2,1-3H3. The summed E-state index contributed by atoms with van der Waals surface area (Å²) in [6.07, 6.45) is 0.421. The molecule has 1 aromatic rings. The highest BCUT2D eigenvalue weighted by Crippen LogP contribution is 2.33. The van der Waals surface area contributed by atoms with Gasteiger partial charge in [0.1, 0.15) is 13.2 Å². The van der Waals surface area contributed by atoms with Crippen molar-refractivity contribution in [1.82, 2.24) is 4.90 Å². The molecule has 1 aliphatic heterocycles. The Morgan fingerprint density at radius 1 is 1.16 bits per heavy atom. The lowest BCUT2D eigenvalue weighted by Gasteiger charge is -2.22. The predicted octanol–water partition coefficient (Wildman–Crippen LogP) is 2.18. The molecule has 1 amide bonds. The van der Waals surface area contributed by atoms with E-state index in [0.717, 1.165) is 35.7 Å². The fraction of sp³-hybridized carbons (Fsp3) is 0.533. The Morgan fingerprint density at radius 2 is 1.74 bits per heavy atom. The van der Waals surface area contributed by atoms with Crippen LogP contribution in [0.1, 0.15) is 25.0 Å². The van der Waals surface area contributed by atoms with Crippen LogP contribution in [0.3, 0.4) is 0 Å². The van der Waals surface area contributed by atoms with Crippen LogP contribution in [0.4, 0.5) is 0 Å². The van der Waals surface area contributed by atoms with Gasteiger partial charge >= 0.3 is 0 Å². The van der Waals surface area contributed by atoms with Gasteiger partial charge in [0, 0.05) is 13.1 Å². The number of carbonyl (C=O) groups is 1. The van der Waals surface area contributed by atoms with E-state index in [2.05, 4.69) is 0 Å². The summed E-state index contributed by atoms with van der Waals surface area (Å²) in [6.45, 7) is 8.65. The SMILES string of the molecule is CCN(CC)C(=O)Cc1cc2c(cc1C)OCCO2. The van der Waals surface area contributed by atoms with E-state index in [4.69, 9.17) is 9.47 Å². The highest BCUT2D eigenvalue weighted by molar-refractivity contribution is 5.79. The third kappa shape index (κ3) is 3.00. The topological polar surface area (TPSA) is 38.8 Å². The van der Waals surface area contributed by atoms with Crippen LogP contribution in [0.15, 0.2) is 12.1 Å². The van der Waals surface area contributed by atoms with Gasteiger partial charge < -0.3 is 14.4 Å². The Morgan fingerprint density at radius 3 is 2.32 bits per heavy atom. The van der Waals surface area contributed by atoms with Crippen molar-refractivity contribution < 1.29 is 14.3 Å². The number of nitrogens with zero attached hydrogens (tertiary/aromatic N) is 1. The smallest absolute Gasteiger partial charge is 0.226 e. The average Bonchev–Trinajstić information content (AvgIpc) is 2.41. The van der Waals surface area contributed by atoms with E-state index in [1.165, 1.54) is 0 Å². The van der Waals surface area contributed by atoms with E-state index in [9.17, 15) is 4.79 Å². The molecule has 0 aromatic heterocycles. The van der Waals surface area contributed by atoms with Crippen LogP contribution in [0.25, 0.3) is 0 Å². The number of benzene rings is 1. The summed E-state index contributed by atoms with van der Waals surface area (Å²) in [5.41, 5.74) is 2.09. The minimum Gasteiger partial charge on any atom is -0.486 e. The van der Waals surface area contributed by atoms with Crippen molar-refractivity contribution in [2.24, 2.45) is 0 Å². The van der Waals surface area contributed by atoms with Gasteiger partial charge in [-0.25, -0.2) is 0 Å². The Balaban J connectivity index is 2.18. The molecule has 0 radical (unpaired) electrons. The first-order valence-electron chi connectivity index (χ1n) is 6.82. The van der Waals surface area contributed by atoms with Gasteiger partial charge in [-0.15, -0.1) is 0 Å².